The van der Waals surface area contributed by atoms with E-state index in [1.54, 1.807) is 0 Å². The van der Waals surface area contributed by atoms with E-state index >= 15 is 0 Å². The average Bonchev–Trinajstić information content (AvgIpc) is 4.36. The third kappa shape index (κ3) is 6.50. The number of hydrogen-bond acceptors (Lipinski definition) is 6. The van der Waals surface area contributed by atoms with Crippen LogP contribution in [0.25, 0.3) is 156 Å². The maximum Gasteiger partial charge on any atom is 0.180 e. The van der Waals surface area contributed by atoms with Crippen LogP contribution in [0.5, 0.6) is 0 Å². The Labute approximate surface area is 434 Å². The van der Waals surface area contributed by atoms with Gasteiger partial charge in [-0.25, -0.2) is 19.9 Å². The molecule has 16 aromatic rings. The van der Waals surface area contributed by atoms with Crippen LogP contribution in [-0.2, 0) is 0 Å². The zero-order chi connectivity index (χ0) is 49.8. The van der Waals surface area contributed by atoms with Crippen molar-refractivity contribution in [1.29, 1.82) is 0 Å². The summed E-state index contributed by atoms with van der Waals surface area (Å²) < 4.78 is 18.0. The summed E-state index contributed by atoms with van der Waals surface area (Å²) in [5.74, 6) is 1.31. The van der Waals surface area contributed by atoms with Crippen LogP contribution in [0, 0.1) is 0 Å². The van der Waals surface area contributed by atoms with Gasteiger partial charge in [0.1, 0.15) is 33.6 Å². The van der Waals surface area contributed by atoms with Gasteiger partial charge in [-0.05, 0) is 83.9 Å². The molecule has 6 heterocycles. The molecule has 16 rings (SSSR count). The predicted octanol–water partition coefficient (Wildman–Crippen LogP) is 17.6. The monoisotopic (exact) mass is 972 g/mol. The maximum atomic E-state index is 6.65. The van der Waals surface area contributed by atoms with Gasteiger partial charge in [0.2, 0.25) is 0 Å². The van der Waals surface area contributed by atoms with Crippen molar-refractivity contribution in [2.45, 2.75) is 0 Å². The van der Waals surface area contributed by atoms with E-state index < -0.39 is 0 Å². The molecule has 6 aromatic heterocycles. The fraction of sp³-hybridized carbons (Fsp3) is 0. The lowest BCUT2D eigenvalue weighted by atomic mass is 10.0. The van der Waals surface area contributed by atoms with E-state index in [-0.39, 0.29) is 0 Å². The van der Waals surface area contributed by atoms with Gasteiger partial charge in [0.15, 0.2) is 22.8 Å². The second kappa shape index (κ2) is 16.5. The molecular formula is C68H40N6O2. The number of aromatic nitrogens is 6. The Bertz CT molecular complexity index is 4660. The van der Waals surface area contributed by atoms with Crippen molar-refractivity contribution in [3.05, 3.63) is 243 Å². The van der Waals surface area contributed by atoms with Crippen LogP contribution in [0.1, 0.15) is 0 Å². The Morgan fingerprint density at radius 3 is 1.05 bits per heavy atom. The lowest BCUT2D eigenvalue weighted by molar-refractivity contribution is 0.667. The van der Waals surface area contributed by atoms with Gasteiger partial charge in [0.25, 0.3) is 0 Å². The molecule has 8 nitrogen and oxygen atoms in total. The Kier molecular flexibility index (Phi) is 9.17. The molecule has 0 unspecified atom stereocenters. The first-order valence-electron chi connectivity index (χ1n) is 25.4. The van der Waals surface area contributed by atoms with E-state index in [9.17, 15) is 0 Å². The molecule has 10 aromatic carbocycles. The fourth-order valence-corrected chi connectivity index (χ4v) is 11.4. The third-order valence-corrected chi connectivity index (χ3v) is 14.9. The highest BCUT2D eigenvalue weighted by Gasteiger charge is 2.23. The summed E-state index contributed by atoms with van der Waals surface area (Å²) in [6.07, 6.45) is 0. The van der Waals surface area contributed by atoms with Crippen LogP contribution in [0.2, 0.25) is 0 Å². The van der Waals surface area contributed by atoms with Gasteiger partial charge in [-0.1, -0.05) is 170 Å². The second-order valence-corrected chi connectivity index (χ2v) is 19.3. The highest BCUT2D eigenvalue weighted by Crippen LogP contribution is 2.42. The molecule has 0 fully saturated rings. The van der Waals surface area contributed by atoms with Crippen LogP contribution in [0.15, 0.2) is 251 Å². The predicted molar refractivity (Wildman–Crippen MR) is 308 cm³/mol. The van der Waals surface area contributed by atoms with Crippen molar-refractivity contribution in [2.24, 2.45) is 0 Å². The largest absolute Gasteiger partial charge is 0.452 e. The first kappa shape index (κ1) is 42.1. The Hall–Kier alpha value is -10.4. The summed E-state index contributed by atoms with van der Waals surface area (Å²) in [4.78, 5) is 20.6. The highest BCUT2D eigenvalue weighted by atomic mass is 16.3. The van der Waals surface area contributed by atoms with Crippen molar-refractivity contribution in [3.8, 4) is 67.8 Å². The molecule has 354 valence electrons. The topological polar surface area (TPSA) is 87.7 Å². The average molecular weight is 973 g/mol. The minimum absolute atomic E-state index is 0.655. The number of para-hydroxylation sites is 2. The first-order chi connectivity index (χ1) is 37.7. The highest BCUT2D eigenvalue weighted by molar-refractivity contribution is 6.14. The van der Waals surface area contributed by atoms with Crippen molar-refractivity contribution in [3.63, 3.8) is 0 Å². The van der Waals surface area contributed by atoms with Gasteiger partial charge in [0.05, 0.1) is 22.1 Å². The molecule has 0 amide bonds. The van der Waals surface area contributed by atoms with Crippen LogP contribution in [0.3, 0.4) is 0 Å². The minimum Gasteiger partial charge on any atom is -0.452 e. The summed E-state index contributed by atoms with van der Waals surface area (Å²) in [5.41, 5.74) is 18.6. The summed E-state index contributed by atoms with van der Waals surface area (Å²) >= 11 is 0. The van der Waals surface area contributed by atoms with Crippen LogP contribution < -0.4 is 0 Å². The molecule has 0 aliphatic heterocycles. The SMILES string of the molecule is c1ccc(-c2nc(-c3ccccc3)c3oc4ccc(-n5c6ccccc6c6cc(-c7ccc8c(c7)c7ccccc7n8-c7ccc8oc9c(-c%10ccccc%10)nc(-c%10ccccc%10)nc9c8c7)ccc65)cc4c3n2)cc1. The third-order valence-electron chi connectivity index (χ3n) is 14.9. The summed E-state index contributed by atoms with van der Waals surface area (Å²) in [6.45, 7) is 0. The number of rotatable bonds is 7. The molecule has 8 heteroatoms. The van der Waals surface area contributed by atoms with Crippen LogP contribution in [-0.4, -0.2) is 29.1 Å². The molecule has 0 N–H and O–H groups in total. The zero-order valence-corrected chi connectivity index (χ0v) is 40.6. The molecule has 0 spiro atoms. The molecule has 0 saturated heterocycles. The van der Waals surface area contributed by atoms with E-state index in [0.29, 0.717) is 22.8 Å². The molecule has 0 atom stereocenters. The molecule has 76 heavy (non-hydrogen) atoms. The van der Waals surface area contributed by atoms with Gasteiger partial charge in [-0.3, -0.25) is 0 Å². The fourth-order valence-electron chi connectivity index (χ4n) is 11.4. The summed E-state index contributed by atoms with van der Waals surface area (Å²) in [7, 11) is 0. The Morgan fingerprint density at radius 1 is 0.263 bits per heavy atom. The van der Waals surface area contributed by atoms with Gasteiger partial charge in [-0.15, -0.1) is 0 Å². The molecular weight excluding hydrogens is 933 g/mol. The number of nitrogens with zero attached hydrogens (tertiary/aromatic N) is 6. The number of hydrogen-bond donors (Lipinski definition) is 0. The lowest BCUT2D eigenvalue weighted by Crippen LogP contribution is -1.95. The van der Waals surface area contributed by atoms with Gasteiger partial charge < -0.3 is 18.0 Å². The molecule has 0 aliphatic carbocycles. The smallest absolute Gasteiger partial charge is 0.180 e. The van der Waals surface area contributed by atoms with Crippen molar-refractivity contribution in [1.82, 2.24) is 29.1 Å². The standard InChI is InChI=1S/C68H40N6O2/c1-5-17-41(18-6-1)61-65-63(71-67(69-61)43-21-9-3-10-22-43)53-39-47(31-35-59(53)75-65)73-55-27-15-13-25-49(55)51-37-45(29-33-57(51)73)46-30-34-58-52(38-46)50-26-14-16-28-56(50)74(58)48-32-36-60-54(40-48)64-66(76-60)62(42-19-7-2-8-20-42)70-68(72-64)44-23-11-4-12-24-44/h1-40H. The molecule has 0 saturated carbocycles. The van der Waals surface area contributed by atoms with Gasteiger partial charge >= 0.3 is 0 Å². The first-order valence-corrected chi connectivity index (χ1v) is 25.4. The number of fused-ring (bicyclic) bond motifs is 12. The second-order valence-electron chi connectivity index (χ2n) is 19.3. The number of benzene rings is 10. The maximum absolute atomic E-state index is 6.65. The quantitative estimate of drug-likeness (QED) is 0.158. The molecule has 0 bridgehead atoms. The van der Waals surface area contributed by atoms with Crippen LogP contribution in [0.4, 0.5) is 0 Å². The van der Waals surface area contributed by atoms with E-state index in [4.69, 9.17) is 28.8 Å². The van der Waals surface area contributed by atoms with E-state index in [0.717, 1.165) is 111 Å². The van der Waals surface area contributed by atoms with Gasteiger partial charge in [0, 0.05) is 65.9 Å². The number of furan rings is 2. The van der Waals surface area contributed by atoms with E-state index in [2.05, 4.69) is 179 Å². The van der Waals surface area contributed by atoms with Crippen molar-refractivity contribution in [2.75, 3.05) is 0 Å². The Balaban J connectivity index is 0.827. The minimum atomic E-state index is 0.655. The lowest BCUT2D eigenvalue weighted by Gasteiger charge is -2.10. The van der Waals surface area contributed by atoms with Crippen LogP contribution >= 0.6 is 0 Å². The molecule has 0 radical (unpaired) electrons. The van der Waals surface area contributed by atoms with Gasteiger partial charge in [-0.2, -0.15) is 0 Å². The molecule has 0 aliphatic rings. The normalized spacial score (nSPS) is 11.9. The van der Waals surface area contributed by atoms with E-state index in [1.807, 2.05) is 72.8 Å². The Morgan fingerprint density at radius 2 is 0.632 bits per heavy atom. The van der Waals surface area contributed by atoms with E-state index in [1.165, 1.54) is 21.5 Å². The zero-order valence-electron chi connectivity index (χ0n) is 40.6. The van der Waals surface area contributed by atoms with Crippen molar-refractivity contribution < 1.29 is 8.83 Å². The van der Waals surface area contributed by atoms with Crippen molar-refractivity contribution >= 4 is 87.7 Å². The summed E-state index contributed by atoms with van der Waals surface area (Å²) in [6, 6.07) is 84.7. The summed E-state index contributed by atoms with van der Waals surface area (Å²) in [5, 5.41) is 6.55.